The fourth-order valence-corrected chi connectivity index (χ4v) is 6.64. The Hall–Kier alpha value is -3.06. The fraction of sp³-hybridized carbons (Fsp3) is 0.674. The van der Waals surface area contributed by atoms with Crippen molar-refractivity contribution in [3.05, 3.63) is 71.6 Å². The first kappa shape index (κ1) is 49.0. The van der Waals surface area contributed by atoms with Gasteiger partial charge < -0.3 is 44.4 Å². The summed E-state index contributed by atoms with van der Waals surface area (Å²) in [6.45, 7) is 17.9. The molecule has 0 aromatic rings. The largest absolute Gasteiger partial charge is 0.490 e. The highest BCUT2D eigenvalue weighted by Gasteiger charge is 2.38. The maximum Gasteiger partial charge on any atom is 0.373 e. The van der Waals surface area contributed by atoms with E-state index in [2.05, 4.69) is 5.16 Å². The lowest BCUT2D eigenvalue weighted by Crippen LogP contribution is -2.45. The zero-order valence-electron chi connectivity index (χ0n) is 35.2. The van der Waals surface area contributed by atoms with E-state index in [1.54, 1.807) is 37.3 Å². The van der Waals surface area contributed by atoms with Crippen molar-refractivity contribution in [2.24, 2.45) is 40.7 Å². The van der Waals surface area contributed by atoms with Gasteiger partial charge >= 0.3 is 5.97 Å². The van der Waals surface area contributed by atoms with Gasteiger partial charge in [-0.05, 0) is 65.8 Å². The lowest BCUT2D eigenvalue weighted by molar-refractivity contribution is -0.161. The Bertz CT molecular complexity index is 1330. The Morgan fingerprint density at radius 1 is 1.09 bits per heavy atom. The number of hydrogen-bond donors (Lipinski definition) is 4. The summed E-state index contributed by atoms with van der Waals surface area (Å²) in [6.07, 6.45) is 12.2. The van der Waals surface area contributed by atoms with Crippen LogP contribution in [0.4, 0.5) is 0 Å². The number of carbonyl (C=O) groups excluding carboxylic acids is 1. The van der Waals surface area contributed by atoms with Crippen molar-refractivity contribution in [3.63, 3.8) is 0 Å². The van der Waals surface area contributed by atoms with Gasteiger partial charge in [-0.15, -0.1) is 0 Å². The summed E-state index contributed by atoms with van der Waals surface area (Å²) in [5, 5.41) is 49.4. The summed E-state index contributed by atoms with van der Waals surface area (Å²) < 4.78 is 17.6. The van der Waals surface area contributed by atoms with Crippen molar-refractivity contribution in [1.82, 2.24) is 4.90 Å². The average molecular weight is 761 g/mol. The first-order valence-electron chi connectivity index (χ1n) is 19.3. The maximum atomic E-state index is 13.8. The molecule has 12 unspecified atom stereocenters. The highest BCUT2D eigenvalue weighted by Crippen LogP contribution is 2.30. The third-order valence-electron chi connectivity index (χ3n) is 10.3. The van der Waals surface area contributed by atoms with Crippen LogP contribution in [0.5, 0.6) is 0 Å². The molecule has 4 N–H and O–H groups in total. The minimum Gasteiger partial charge on any atom is -0.490 e. The van der Waals surface area contributed by atoms with Crippen LogP contribution in [0.15, 0.2) is 76.7 Å². The van der Waals surface area contributed by atoms with E-state index >= 15 is 0 Å². The monoisotopic (exact) mass is 761 g/mol. The molecule has 0 aromatic heterocycles. The number of cyclic esters (lactones) is 1. The van der Waals surface area contributed by atoms with E-state index in [4.69, 9.17) is 19.0 Å². The summed E-state index contributed by atoms with van der Waals surface area (Å²) >= 11 is 0. The number of ether oxygens (including phenoxy) is 3. The molecule has 11 heteroatoms. The number of allylic oxidation sites excluding steroid dienone is 7. The van der Waals surface area contributed by atoms with Crippen LogP contribution in [-0.4, -0.2) is 115 Å². The van der Waals surface area contributed by atoms with Gasteiger partial charge in [-0.25, -0.2) is 4.79 Å². The topological polar surface area (TPSA) is 151 Å². The molecule has 0 spiro atoms. The number of oxime groups is 1. The molecule has 12 atom stereocenters. The average Bonchev–Trinajstić information content (AvgIpc) is 3.12. The number of nitrogens with zero attached hydrogens (tertiary/aromatic N) is 2. The van der Waals surface area contributed by atoms with Crippen molar-refractivity contribution < 1.29 is 44.3 Å². The lowest BCUT2D eigenvalue weighted by atomic mass is 9.79. The van der Waals surface area contributed by atoms with Gasteiger partial charge in [-0.2, -0.15) is 0 Å². The Kier molecular flexibility index (Phi) is 22.8. The van der Waals surface area contributed by atoms with Gasteiger partial charge in [0.05, 0.1) is 37.2 Å². The smallest absolute Gasteiger partial charge is 0.373 e. The van der Waals surface area contributed by atoms with E-state index in [0.717, 1.165) is 5.57 Å². The van der Waals surface area contributed by atoms with Crippen LogP contribution in [0, 0.1) is 35.5 Å². The van der Waals surface area contributed by atoms with Crippen LogP contribution < -0.4 is 0 Å². The molecule has 0 radical (unpaired) electrons. The van der Waals surface area contributed by atoms with E-state index in [0.29, 0.717) is 37.3 Å². The number of carbonyl (C=O) groups is 1. The fourth-order valence-electron chi connectivity index (χ4n) is 6.64. The van der Waals surface area contributed by atoms with Crippen molar-refractivity contribution in [3.8, 4) is 0 Å². The highest BCUT2D eigenvalue weighted by atomic mass is 16.6. The summed E-state index contributed by atoms with van der Waals surface area (Å²) in [7, 11) is 6.76. The molecule has 0 saturated carbocycles. The summed E-state index contributed by atoms with van der Waals surface area (Å²) in [5.41, 5.74) is 2.14. The Morgan fingerprint density at radius 3 is 2.33 bits per heavy atom. The Labute approximate surface area is 325 Å². The first-order valence-corrected chi connectivity index (χ1v) is 19.3. The number of rotatable bonds is 15. The molecule has 1 rings (SSSR count). The van der Waals surface area contributed by atoms with Gasteiger partial charge in [0.25, 0.3) is 0 Å². The Morgan fingerprint density at radius 2 is 1.76 bits per heavy atom. The second-order valence-electron chi connectivity index (χ2n) is 15.2. The molecule has 1 heterocycles. The van der Waals surface area contributed by atoms with Crippen LogP contribution in [0.2, 0.25) is 0 Å². The van der Waals surface area contributed by atoms with Gasteiger partial charge in [0.2, 0.25) is 5.76 Å². The van der Waals surface area contributed by atoms with E-state index in [-0.39, 0.29) is 29.4 Å². The van der Waals surface area contributed by atoms with Crippen LogP contribution in [0.25, 0.3) is 0 Å². The van der Waals surface area contributed by atoms with E-state index < -0.39 is 54.4 Å². The molecule has 0 amide bonds. The predicted molar refractivity (Wildman–Crippen MR) is 217 cm³/mol. The molecule has 11 nitrogen and oxygen atoms in total. The summed E-state index contributed by atoms with van der Waals surface area (Å²) in [5.74, 6) is -3.10. The lowest BCUT2D eigenvalue weighted by Gasteiger charge is -2.34. The Balaban J connectivity index is 3.74. The molecular formula is C43H72N2O9. The van der Waals surface area contributed by atoms with Crippen LogP contribution in [0.3, 0.4) is 0 Å². The van der Waals surface area contributed by atoms with Gasteiger partial charge in [0, 0.05) is 43.2 Å². The van der Waals surface area contributed by atoms with E-state index in [1.807, 2.05) is 98.7 Å². The second-order valence-corrected chi connectivity index (χ2v) is 15.2. The van der Waals surface area contributed by atoms with E-state index in [9.17, 15) is 25.2 Å². The van der Waals surface area contributed by atoms with Crippen molar-refractivity contribution >= 4 is 11.7 Å². The summed E-state index contributed by atoms with van der Waals surface area (Å²) in [4.78, 5) is 21.4. The van der Waals surface area contributed by atoms with Crippen LogP contribution in [0.1, 0.15) is 75.2 Å². The number of esters is 1. The number of methoxy groups -OCH3 is 2. The zero-order chi connectivity index (χ0) is 41.1. The van der Waals surface area contributed by atoms with Crippen LogP contribution in [-0.2, 0) is 23.8 Å². The number of aliphatic hydroxyl groups is 4. The predicted octanol–water partition coefficient (Wildman–Crippen LogP) is 6.01. The molecular weight excluding hydrogens is 688 g/mol. The highest BCUT2D eigenvalue weighted by molar-refractivity contribution is 5.96. The zero-order valence-corrected chi connectivity index (χ0v) is 35.2. The summed E-state index contributed by atoms with van der Waals surface area (Å²) in [6, 6.07) is 0. The minimum absolute atomic E-state index is 0.0604. The number of hydrogen-bond acceptors (Lipinski definition) is 11. The molecule has 54 heavy (non-hydrogen) atoms. The molecule has 0 fully saturated rings. The molecule has 1 aliphatic heterocycles. The quantitative estimate of drug-likeness (QED) is 0.0514. The number of likely N-dealkylation sites (N-methyl/N-ethyl adjacent to an activating group) is 1. The van der Waals surface area contributed by atoms with Gasteiger partial charge in [-0.1, -0.05) is 100 Å². The molecule has 0 aromatic carbocycles. The molecule has 0 bridgehead atoms. The maximum absolute atomic E-state index is 13.8. The SMILES string of the molecule is C/C=C/C(O)C(C)/C=C/C(=N\OCCN(C)C)C(C)C(O)C(C)C1OC(=O)/C(OC)=C/C(C)=C/C(C)C(O)C(CC)C(O)C(C)C/C(C)=C/C=C/C1OC. The van der Waals surface area contributed by atoms with E-state index in [1.165, 1.54) is 14.2 Å². The first-order chi connectivity index (χ1) is 25.4. The normalized spacial score (nSPS) is 32.2. The molecule has 1 aliphatic rings. The second kappa shape index (κ2) is 25.2. The molecule has 308 valence electrons. The standard InChI is InChI=1S/C43H72N2O9/c1-14-17-36(46)29(5)20-21-35(44-53-23-22-45(10)11)32(8)41(49)33(9)42-37(51-12)19-16-18-27(3)24-30(6)39(47)34(15-2)40(48)31(7)25-28(4)26-38(52-13)43(50)54-42/h14,16-21,25-26,29-34,36-37,39-42,46-49H,15,22-24H2,1-13H3/b17-14+,19-16+,21-20+,27-18+,28-25+,38-26-,44-35+. The van der Waals surface area contributed by atoms with Gasteiger partial charge in [0.1, 0.15) is 18.8 Å². The molecule has 0 saturated heterocycles. The third-order valence-corrected chi connectivity index (χ3v) is 10.3. The minimum atomic E-state index is -1.09. The van der Waals surface area contributed by atoms with Crippen molar-refractivity contribution in [2.75, 3.05) is 41.5 Å². The van der Waals surface area contributed by atoms with Crippen molar-refractivity contribution in [2.45, 2.75) is 112 Å². The van der Waals surface area contributed by atoms with Crippen LogP contribution >= 0.6 is 0 Å². The number of aliphatic hydroxyl groups excluding tert-OH is 4. The van der Waals surface area contributed by atoms with Gasteiger partial charge in [-0.3, -0.25) is 0 Å². The van der Waals surface area contributed by atoms with Gasteiger partial charge in [0.15, 0.2) is 0 Å². The van der Waals surface area contributed by atoms with Crippen molar-refractivity contribution in [1.29, 1.82) is 0 Å². The molecule has 0 aliphatic carbocycles. The third kappa shape index (κ3) is 16.0.